The Morgan fingerprint density at radius 2 is 1.39 bits per heavy atom. The third-order valence-corrected chi connectivity index (χ3v) is 3.54. The van der Waals surface area contributed by atoms with Gasteiger partial charge in [-0.1, -0.05) is 0 Å². The molecule has 1 N–H and O–H groups in total. The predicted molar refractivity (Wildman–Crippen MR) is 95.2 cm³/mol. The van der Waals surface area contributed by atoms with Crippen molar-refractivity contribution in [2.45, 2.75) is 25.7 Å². The number of carbonyl (C=O) groups excluding carboxylic acids is 1. The van der Waals surface area contributed by atoms with Crippen molar-refractivity contribution in [3.8, 4) is 11.5 Å². The third kappa shape index (κ3) is 6.48. The van der Waals surface area contributed by atoms with Crippen LogP contribution in [0.4, 0.5) is 11.4 Å². The molecule has 10 nitrogen and oxygen atoms in total. The molecule has 28 heavy (non-hydrogen) atoms. The molecule has 2 rings (SSSR count). The lowest BCUT2D eigenvalue weighted by Crippen LogP contribution is -2.09. The summed E-state index contributed by atoms with van der Waals surface area (Å²) in [4.78, 5) is 49.4. The molecule has 10 heteroatoms. The standard InChI is InChI=1S/C18H16N2O8/c21-17(22)3-1-2-4-18(23)27-15-9-7-14(8-10-15)20(26)28-16-11-5-13(6-12-16)19(24)25/h5-12H,1-4H2/p+1. The molecule has 0 aliphatic heterocycles. The number of nitrogens with zero attached hydrogens (tertiary/aromatic N) is 2. The quantitative estimate of drug-likeness (QED) is 0.214. The fourth-order valence-corrected chi connectivity index (χ4v) is 2.14. The maximum Gasteiger partial charge on any atom is 0.317 e. The molecule has 0 saturated carbocycles. The Morgan fingerprint density at radius 3 is 1.96 bits per heavy atom. The van der Waals surface area contributed by atoms with Crippen molar-refractivity contribution in [2.24, 2.45) is 0 Å². The number of carbonyl (C=O) groups is 2. The third-order valence-electron chi connectivity index (χ3n) is 3.54. The van der Waals surface area contributed by atoms with Gasteiger partial charge in [0.2, 0.25) is 5.75 Å². The molecule has 2 aromatic carbocycles. The second kappa shape index (κ2) is 9.76. The van der Waals surface area contributed by atoms with Crippen LogP contribution in [0.2, 0.25) is 0 Å². The van der Waals surface area contributed by atoms with Gasteiger partial charge in [-0.05, 0) is 37.1 Å². The average molecular weight is 389 g/mol. The highest BCUT2D eigenvalue weighted by Crippen LogP contribution is 2.22. The van der Waals surface area contributed by atoms with E-state index in [0.717, 1.165) is 0 Å². The first-order valence-electron chi connectivity index (χ1n) is 8.27. The minimum Gasteiger partial charge on any atom is -0.481 e. The summed E-state index contributed by atoms with van der Waals surface area (Å²) >= 11 is 0. The van der Waals surface area contributed by atoms with E-state index in [0.29, 0.717) is 12.8 Å². The molecule has 0 atom stereocenters. The molecule has 0 saturated heterocycles. The monoisotopic (exact) mass is 389 g/mol. The van der Waals surface area contributed by atoms with Gasteiger partial charge >= 0.3 is 17.6 Å². The van der Waals surface area contributed by atoms with Gasteiger partial charge in [0.1, 0.15) is 5.75 Å². The molecule has 0 aromatic heterocycles. The lowest BCUT2D eigenvalue weighted by atomic mass is 10.2. The van der Waals surface area contributed by atoms with E-state index >= 15 is 0 Å². The number of ether oxygens (including phenoxy) is 1. The van der Waals surface area contributed by atoms with Crippen molar-refractivity contribution in [3.05, 3.63) is 63.6 Å². The molecule has 0 unspecified atom stereocenters. The van der Waals surface area contributed by atoms with Crippen molar-refractivity contribution in [2.75, 3.05) is 0 Å². The lowest BCUT2D eigenvalue weighted by molar-refractivity contribution is -0.697. The molecular formula is C18H17N2O8+. The molecule has 0 radical (unpaired) electrons. The molecule has 0 aliphatic rings. The van der Waals surface area contributed by atoms with E-state index in [-0.39, 0.29) is 40.6 Å². The molecule has 0 aliphatic carbocycles. The average Bonchev–Trinajstić information content (AvgIpc) is 2.66. The van der Waals surface area contributed by atoms with Gasteiger partial charge < -0.3 is 9.84 Å². The number of benzene rings is 2. The van der Waals surface area contributed by atoms with E-state index in [2.05, 4.69) is 0 Å². The first-order valence-corrected chi connectivity index (χ1v) is 8.27. The smallest absolute Gasteiger partial charge is 0.317 e. The zero-order chi connectivity index (χ0) is 20.5. The number of aliphatic carboxylic acids is 1. The number of rotatable bonds is 10. The Balaban J connectivity index is 1.85. The first kappa shape index (κ1) is 20.5. The zero-order valence-electron chi connectivity index (χ0n) is 14.6. The van der Waals surface area contributed by atoms with E-state index in [1.165, 1.54) is 48.5 Å². The minimum absolute atomic E-state index is 0.00390. The summed E-state index contributed by atoms with van der Waals surface area (Å²) in [5.41, 5.74) is -0.00135. The number of unbranched alkanes of at least 4 members (excludes halogenated alkanes) is 1. The van der Waals surface area contributed by atoms with Gasteiger partial charge in [0.05, 0.1) is 9.83 Å². The molecule has 0 heterocycles. The van der Waals surface area contributed by atoms with Crippen molar-refractivity contribution < 1.29 is 34.1 Å². The van der Waals surface area contributed by atoms with Crippen LogP contribution in [0.5, 0.6) is 11.5 Å². The van der Waals surface area contributed by atoms with Crippen LogP contribution in [0.15, 0.2) is 48.5 Å². The van der Waals surface area contributed by atoms with Gasteiger partial charge in [-0.25, -0.2) is 0 Å². The molecule has 146 valence electrons. The number of nitro benzene ring substituents is 1. The summed E-state index contributed by atoms with van der Waals surface area (Å²) < 4.78 is 5.10. The highest BCUT2D eigenvalue weighted by Gasteiger charge is 2.18. The van der Waals surface area contributed by atoms with E-state index in [1.807, 2.05) is 0 Å². The van der Waals surface area contributed by atoms with Crippen LogP contribution in [0.3, 0.4) is 0 Å². The first-order chi connectivity index (χ1) is 13.3. The topological polar surface area (TPSA) is 136 Å². The highest BCUT2D eigenvalue weighted by atomic mass is 16.8. The number of hydrogen-bond acceptors (Lipinski definition) is 7. The number of non-ortho nitro benzene ring substituents is 1. The van der Waals surface area contributed by atoms with Crippen LogP contribution in [0, 0.1) is 15.0 Å². The van der Waals surface area contributed by atoms with Crippen LogP contribution in [-0.2, 0) is 9.59 Å². The van der Waals surface area contributed by atoms with Crippen molar-refractivity contribution in [1.29, 1.82) is 0 Å². The summed E-state index contributed by atoms with van der Waals surface area (Å²) in [7, 11) is 0. The molecule has 0 spiro atoms. The predicted octanol–water partition coefficient (Wildman–Crippen LogP) is 3.55. The number of hydrogen-bond donors (Lipinski definition) is 1. The highest BCUT2D eigenvalue weighted by molar-refractivity contribution is 5.72. The summed E-state index contributed by atoms with van der Waals surface area (Å²) in [6.07, 6.45) is 0.872. The summed E-state index contributed by atoms with van der Waals surface area (Å²) in [5, 5.41) is 19.1. The van der Waals surface area contributed by atoms with Crippen LogP contribution in [-0.4, -0.2) is 26.9 Å². The Hall–Kier alpha value is -3.82. The molecular weight excluding hydrogens is 372 g/mol. The minimum atomic E-state index is -0.915. The van der Waals surface area contributed by atoms with Gasteiger partial charge in [-0.3, -0.25) is 19.7 Å². The van der Waals surface area contributed by atoms with Crippen molar-refractivity contribution >= 4 is 23.3 Å². The second-order valence-corrected chi connectivity index (χ2v) is 5.67. The fourth-order valence-electron chi connectivity index (χ4n) is 2.14. The van der Waals surface area contributed by atoms with Crippen LogP contribution >= 0.6 is 0 Å². The lowest BCUT2D eigenvalue weighted by Gasteiger charge is -2.03. The Kier molecular flexibility index (Phi) is 7.14. The Bertz CT molecular complexity index is 862. The molecule has 2 aromatic rings. The summed E-state index contributed by atoms with van der Waals surface area (Å²) in [6, 6.07) is 10.6. The van der Waals surface area contributed by atoms with Gasteiger partial charge in [0.25, 0.3) is 10.6 Å². The maximum atomic E-state index is 12.0. The number of carboxylic acid groups (broad SMARTS) is 1. The summed E-state index contributed by atoms with van der Waals surface area (Å²) in [5.74, 6) is -1.06. The molecule has 0 bridgehead atoms. The number of carboxylic acids is 1. The number of esters is 1. The van der Waals surface area contributed by atoms with Crippen molar-refractivity contribution in [3.63, 3.8) is 0 Å². The van der Waals surface area contributed by atoms with E-state index < -0.39 is 16.9 Å². The number of nitro groups is 1. The van der Waals surface area contributed by atoms with Gasteiger partial charge in [0, 0.05) is 37.1 Å². The molecule has 0 amide bonds. The Morgan fingerprint density at radius 1 is 0.857 bits per heavy atom. The van der Waals surface area contributed by atoms with Crippen LogP contribution in [0.1, 0.15) is 25.7 Å². The van der Waals surface area contributed by atoms with E-state index in [4.69, 9.17) is 14.7 Å². The fraction of sp³-hybridized carbons (Fsp3) is 0.222. The van der Waals surface area contributed by atoms with Crippen molar-refractivity contribution in [1.82, 2.24) is 0 Å². The maximum absolute atomic E-state index is 12.0. The molecule has 0 fully saturated rings. The van der Waals surface area contributed by atoms with Gasteiger partial charge in [-0.2, -0.15) is 4.84 Å². The summed E-state index contributed by atoms with van der Waals surface area (Å²) in [6.45, 7) is 0. The SMILES string of the molecule is O=C(O)CCCCC(=O)Oc1ccc([N+](=O)Oc2ccc([N+](=O)[O-])cc2)cc1. The van der Waals surface area contributed by atoms with E-state index in [1.54, 1.807) is 0 Å². The largest absolute Gasteiger partial charge is 0.481 e. The second-order valence-electron chi connectivity index (χ2n) is 5.67. The zero-order valence-corrected chi connectivity index (χ0v) is 14.6. The van der Waals surface area contributed by atoms with Gasteiger partial charge in [-0.15, -0.1) is 0 Å². The Labute approximate surface area is 159 Å². The van der Waals surface area contributed by atoms with Crippen LogP contribution < -0.4 is 9.57 Å². The van der Waals surface area contributed by atoms with E-state index in [9.17, 15) is 24.6 Å². The van der Waals surface area contributed by atoms with Crippen LogP contribution in [0.25, 0.3) is 0 Å². The van der Waals surface area contributed by atoms with Gasteiger partial charge in [0.15, 0.2) is 0 Å². The normalized spacial score (nSPS) is 10.1.